The van der Waals surface area contributed by atoms with E-state index in [4.69, 9.17) is 5.73 Å². The Labute approximate surface area is 123 Å². The second-order valence-corrected chi connectivity index (χ2v) is 3.94. The molecule has 0 saturated carbocycles. The number of aromatic nitrogens is 1. The normalized spacial score (nSPS) is 11.8. The number of hydrogen-bond donors (Lipinski definition) is 2. The average molecular weight is 392 g/mol. The standard InChI is InChI=1S/C9H11F3N4S.HI/c1-2-3-14-8(13)15-4-7-16-6(5-17-7)9(10,11)12;/h2,5H,1,3-4H2,(H3,13,14,15);1H. The summed E-state index contributed by atoms with van der Waals surface area (Å²) in [5, 5.41) is 3.92. The SMILES string of the molecule is C=CCNC(N)=NCc1nc(C(F)(F)F)cs1.I. The van der Waals surface area contributed by atoms with Crippen molar-refractivity contribution >= 4 is 41.3 Å². The summed E-state index contributed by atoms with van der Waals surface area (Å²) in [6.07, 6.45) is -2.82. The third kappa shape index (κ3) is 5.67. The van der Waals surface area contributed by atoms with Gasteiger partial charge in [0.2, 0.25) is 0 Å². The highest BCUT2D eigenvalue weighted by molar-refractivity contribution is 14.0. The zero-order valence-corrected chi connectivity index (χ0v) is 12.3. The van der Waals surface area contributed by atoms with E-state index in [1.54, 1.807) is 6.08 Å². The summed E-state index contributed by atoms with van der Waals surface area (Å²) in [6.45, 7) is 3.94. The van der Waals surface area contributed by atoms with Gasteiger partial charge < -0.3 is 11.1 Å². The van der Waals surface area contributed by atoms with E-state index in [0.717, 1.165) is 16.7 Å². The topological polar surface area (TPSA) is 63.3 Å². The van der Waals surface area contributed by atoms with E-state index in [0.29, 0.717) is 6.54 Å². The number of guanidine groups is 1. The zero-order chi connectivity index (χ0) is 12.9. The number of thiazole rings is 1. The van der Waals surface area contributed by atoms with Gasteiger partial charge in [0.05, 0.1) is 6.54 Å². The quantitative estimate of drug-likeness (QED) is 0.358. The minimum Gasteiger partial charge on any atom is -0.370 e. The van der Waals surface area contributed by atoms with Crippen LogP contribution in [-0.4, -0.2) is 17.5 Å². The Morgan fingerprint density at radius 2 is 2.28 bits per heavy atom. The maximum absolute atomic E-state index is 12.2. The van der Waals surface area contributed by atoms with Crippen LogP contribution in [0.15, 0.2) is 23.0 Å². The lowest BCUT2D eigenvalue weighted by atomic mass is 10.5. The van der Waals surface area contributed by atoms with Crippen LogP contribution in [0, 0.1) is 0 Å². The average Bonchev–Trinajstić information content (AvgIpc) is 2.71. The van der Waals surface area contributed by atoms with Gasteiger partial charge in [-0.2, -0.15) is 13.2 Å². The van der Waals surface area contributed by atoms with Gasteiger partial charge in [-0.1, -0.05) is 6.08 Å². The number of aliphatic imine (C=N–C) groups is 1. The van der Waals surface area contributed by atoms with Crippen LogP contribution in [0.5, 0.6) is 0 Å². The van der Waals surface area contributed by atoms with Crippen molar-refractivity contribution in [3.05, 3.63) is 28.7 Å². The van der Waals surface area contributed by atoms with E-state index < -0.39 is 11.9 Å². The van der Waals surface area contributed by atoms with Crippen LogP contribution < -0.4 is 11.1 Å². The molecule has 1 heterocycles. The molecule has 0 aromatic carbocycles. The highest BCUT2D eigenvalue weighted by atomic mass is 127. The molecule has 0 aliphatic carbocycles. The van der Waals surface area contributed by atoms with Crippen molar-refractivity contribution in [1.82, 2.24) is 10.3 Å². The van der Waals surface area contributed by atoms with Crippen molar-refractivity contribution in [2.45, 2.75) is 12.7 Å². The molecule has 0 fully saturated rings. The summed E-state index contributed by atoms with van der Waals surface area (Å²) < 4.78 is 36.7. The third-order valence-electron chi connectivity index (χ3n) is 1.65. The van der Waals surface area contributed by atoms with Crippen LogP contribution in [0.2, 0.25) is 0 Å². The molecular formula is C9H12F3IN4S. The van der Waals surface area contributed by atoms with Gasteiger partial charge >= 0.3 is 6.18 Å². The number of nitrogens with zero attached hydrogens (tertiary/aromatic N) is 2. The number of alkyl halides is 3. The second kappa shape index (κ2) is 7.56. The van der Waals surface area contributed by atoms with Gasteiger partial charge in [0, 0.05) is 11.9 Å². The lowest BCUT2D eigenvalue weighted by Crippen LogP contribution is -2.31. The van der Waals surface area contributed by atoms with Gasteiger partial charge in [0.15, 0.2) is 11.7 Å². The van der Waals surface area contributed by atoms with E-state index in [1.807, 2.05) is 0 Å². The number of hydrogen-bond acceptors (Lipinski definition) is 3. The number of nitrogens with two attached hydrogens (primary N) is 1. The lowest BCUT2D eigenvalue weighted by Gasteiger charge is -2.01. The highest BCUT2D eigenvalue weighted by Gasteiger charge is 2.33. The Hall–Kier alpha value is -0.840. The highest BCUT2D eigenvalue weighted by Crippen LogP contribution is 2.30. The maximum Gasteiger partial charge on any atom is 0.434 e. The number of rotatable bonds is 4. The van der Waals surface area contributed by atoms with Crippen LogP contribution in [0.4, 0.5) is 13.2 Å². The predicted molar refractivity (Wildman–Crippen MR) is 76.1 cm³/mol. The fourth-order valence-corrected chi connectivity index (χ4v) is 1.62. The molecule has 18 heavy (non-hydrogen) atoms. The summed E-state index contributed by atoms with van der Waals surface area (Å²) in [7, 11) is 0. The first-order valence-electron chi connectivity index (χ1n) is 4.59. The summed E-state index contributed by atoms with van der Waals surface area (Å²) in [4.78, 5) is 7.26. The largest absolute Gasteiger partial charge is 0.434 e. The summed E-state index contributed by atoms with van der Waals surface area (Å²) >= 11 is 0.901. The maximum atomic E-state index is 12.2. The molecule has 1 aromatic rings. The molecule has 0 aliphatic heterocycles. The van der Waals surface area contributed by atoms with Crippen LogP contribution in [0.3, 0.4) is 0 Å². The molecule has 0 spiro atoms. The Morgan fingerprint density at radius 3 is 2.78 bits per heavy atom. The molecule has 0 radical (unpaired) electrons. The first-order valence-corrected chi connectivity index (χ1v) is 5.47. The summed E-state index contributed by atoms with van der Waals surface area (Å²) in [6, 6.07) is 0. The smallest absolute Gasteiger partial charge is 0.370 e. The molecule has 4 nitrogen and oxygen atoms in total. The van der Waals surface area contributed by atoms with Crippen molar-refractivity contribution in [3.63, 3.8) is 0 Å². The predicted octanol–water partition coefficient (Wildman–Crippen LogP) is 2.37. The van der Waals surface area contributed by atoms with Crippen molar-refractivity contribution in [2.24, 2.45) is 10.7 Å². The molecule has 102 valence electrons. The van der Waals surface area contributed by atoms with Crippen molar-refractivity contribution in [1.29, 1.82) is 0 Å². The molecule has 0 atom stereocenters. The molecule has 3 N–H and O–H groups in total. The first-order chi connectivity index (χ1) is 7.93. The van der Waals surface area contributed by atoms with E-state index in [1.165, 1.54) is 0 Å². The first kappa shape index (κ1) is 17.2. The van der Waals surface area contributed by atoms with Crippen LogP contribution in [0.25, 0.3) is 0 Å². The van der Waals surface area contributed by atoms with E-state index >= 15 is 0 Å². The zero-order valence-electron chi connectivity index (χ0n) is 9.20. The van der Waals surface area contributed by atoms with Crippen molar-refractivity contribution < 1.29 is 13.2 Å². The van der Waals surface area contributed by atoms with Gasteiger partial charge in [0.1, 0.15) is 5.01 Å². The molecule has 1 rings (SSSR count). The molecule has 0 amide bonds. The van der Waals surface area contributed by atoms with E-state index in [9.17, 15) is 13.2 Å². The fourth-order valence-electron chi connectivity index (χ4n) is 0.899. The molecular weight excluding hydrogens is 380 g/mol. The van der Waals surface area contributed by atoms with E-state index in [-0.39, 0.29) is 41.5 Å². The van der Waals surface area contributed by atoms with Crippen molar-refractivity contribution in [2.75, 3.05) is 6.54 Å². The third-order valence-corrected chi connectivity index (χ3v) is 2.49. The van der Waals surface area contributed by atoms with Gasteiger partial charge in [-0.3, -0.25) is 0 Å². The molecule has 0 aliphatic rings. The molecule has 1 aromatic heterocycles. The summed E-state index contributed by atoms with van der Waals surface area (Å²) in [5.74, 6) is 0.147. The fraction of sp³-hybridized carbons (Fsp3) is 0.333. The molecule has 0 bridgehead atoms. The lowest BCUT2D eigenvalue weighted by molar-refractivity contribution is -0.140. The Morgan fingerprint density at radius 1 is 1.61 bits per heavy atom. The van der Waals surface area contributed by atoms with Crippen LogP contribution >= 0.6 is 35.3 Å². The summed E-state index contributed by atoms with van der Waals surface area (Å²) in [5.41, 5.74) is 4.55. The number of nitrogens with one attached hydrogen (secondary N) is 1. The Balaban J connectivity index is 0.00000289. The van der Waals surface area contributed by atoms with Gasteiger partial charge in [0.25, 0.3) is 0 Å². The van der Waals surface area contributed by atoms with Crippen LogP contribution in [-0.2, 0) is 12.7 Å². The minimum absolute atomic E-state index is 0. The molecule has 9 heteroatoms. The minimum atomic E-state index is -4.41. The van der Waals surface area contributed by atoms with E-state index in [2.05, 4.69) is 21.9 Å². The molecule has 0 unspecified atom stereocenters. The number of halogens is 4. The van der Waals surface area contributed by atoms with Gasteiger partial charge in [-0.25, -0.2) is 9.98 Å². The van der Waals surface area contributed by atoms with Gasteiger partial charge in [-0.05, 0) is 0 Å². The Bertz CT molecular complexity index is 416. The monoisotopic (exact) mass is 392 g/mol. The second-order valence-electron chi connectivity index (χ2n) is 3.00. The van der Waals surface area contributed by atoms with Crippen molar-refractivity contribution in [3.8, 4) is 0 Å². The van der Waals surface area contributed by atoms with Crippen LogP contribution in [0.1, 0.15) is 10.7 Å². The Kier molecular flexibility index (Phi) is 7.21. The van der Waals surface area contributed by atoms with Gasteiger partial charge in [-0.15, -0.1) is 41.9 Å². The molecule has 0 saturated heterocycles.